The summed E-state index contributed by atoms with van der Waals surface area (Å²) in [6.45, 7) is 9.70. The van der Waals surface area contributed by atoms with Crippen LogP contribution in [0.5, 0.6) is 0 Å². The first-order chi connectivity index (χ1) is 16.3. The summed E-state index contributed by atoms with van der Waals surface area (Å²) in [5.41, 5.74) is 5.60. The Morgan fingerprint density at radius 2 is 1.85 bits per heavy atom. The molecule has 1 atom stereocenters. The third-order valence-electron chi connectivity index (χ3n) is 6.64. The topological polar surface area (TPSA) is 91.5 Å². The van der Waals surface area contributed by atoms with Crippen LogP contribution in [0.3, 0.4) is 0 Å². The van der Waals surface area contributed by atoms with Gasteiger partial charge in [-0.15, -0.1) is 0 Å². The predicted molar refractivity (Wildman–Crippen MR) is 132 cm³/mol. The van der Waals surface area contributed by atoms with Crippen LogP contribution in [-0.4, -0.2) is 53.9 Å². The quantitative estimate of drug-likeness (QED) is 0.551. The molecule has 1 aromatic heterocycles. The molecule has 7 heteroatoms. The summed E-state index contributed by atoms with van der Waals surface area (Å²) < 4.78 is 5.11. The minimum Gasteiger partial charge on any atom is -0.461 e. The number of nitrogens with zero attached hydrogens (tertiary/aromatic N) is 1. The molecule has 1 aliphatic rings. The number of aromatic amines is 1. The predicted octanol–water partition coefficient (Wildman–Crippen LogP) is 3.65. The van der Waals surface area contributed by atoms with E-state index < -0.39 is 0 Å². The number of carbonyl (C=O) groups excluding carboxylic acids is 3. The van der Waals surface area contributed by atoms with Crippen molar-refractivity contribution in [3.05, 3.63) is 57.9 Å². The highest BCUT2D eigenvalue weighted by Gasteiger charge is 2.28. The Hall–Kier alpha value is -3.09. The second-order valence-electron chi connectivity index (χ2n) is 9.15. The second-order valence-corrected chi connectivity index (χ2v) is 9.15. The van der Waals surface area contributed by atoms with E-state index in [1.165, 1.54) is 11.1 Å². The van der Waals surface area contributed by atoms with Gasteiger partial charge in [-0.1, -0.05) is 29.8 Å². The van der Waals surface area contributed by atoms with E-state index in [0.717, 1.165) is 36.1 Å². The largest absolute Gasteiger partial charge is 0.461 e. The molecule has 0 bridgehead atoms. The van der Waals surface area contributed by atoms with Crippen LogP contribution in [0.25, 0.3) is 0 Å². The van der Waals surface area contributed by atoms with E-state index in [0.29, 0.717) is 44.8 Å². The fourth-order valence-corrected chi connectivity index (χ4v) is 4.61. The summed E-state index contributed by atoms with van der Waals surface area (Å²) in [6.07, 6.45) is 3.33. The van der Waals surface area contributed by atoms with E-state index in [2.05, 4.69) is 41.5 Å². The standard InChI is InChI=1S/C27H37N3O4/c1-5-34-27(33)25-19(3)23(20(4)29-25)12-13-24(31)30-16-6-7-22(17-30)26(32)28-15-14-21-10-8-18(2)9-11-21/h8-11,22,29H,5-7,12-17H2,1-4H3,(H,28,32)/t22-/m0/s1. The summed E-state index contributed by atoms with van der Waals surface area (Å²) in [7, 11) is 0. The van der Waals surface area contributed by atoms with E-state index in [4.69, 9.17) is 4.74 Å². The molecule has 1 saturated heterocycles. The van der Waals surface area contributed by atoms with E-state index >= 15 is 0 Å². The van der Waals surface area contributed by atoms with Crippen LogP contribution in [0, 0.1) is 26.7 Å². The molecule has 184 valence electrons. The van der Waals surface area contributed by atoms with Crippen molar-refractivity contribution in [2.24, 2.45) is 5.92 Å². The molecule has 2 N–H and O–H groups in total. The van der Waals surface area contributed by atoms with Gasteiger partial charge in [0.15, 0.2) is 0 Å². The van der Waals surface area contributed by atoms with Crippen LogP contribution in [0.4, 0.5) is 0 Å². The lowest BCUT2D eigenvalue weighted by Crippen LogP contribution is -2.45. The molecule has 0 saturated carbocycles. The molecular formula is C27H37N3O4. The van der Waals surface area contributed by atoms with Crippen LogP contribution < -0.4 is 5.32 Å². The van der Waals surface area contributed by atoms with Gasteiger partial charge in [-0.05, 0) is 70.1 Å². The molecule has 1 aliphatic heterocycles. The molecule has 2 aromatic rings. The van der Waals surface area contributed by atoms with Crippen molar-refractivity contribution in [2.45, 2.75) is 59.8 Å². The monoisotopic (exact) mass is 467 g/mol. The van der Waals surface area contributed by atoms with Gasteiger partial charge in [0, 0.05) is 31.7 Å². The number of aromatic nitrogens is 1. The highest BCUT2D eigenvalue weighted by atomic mass is 16.5. The number of ether oxygens (including phenoxy) is 1. The Labute approximate surface area is 202 Å². The number of rotatable bonds is 9. The van der Waals surface area contributed by atoms with Gasteiger partial charge in [-0.3, -0.25) is 9.59 Å². The fraction of sp³-hybridized carbons (Fsp3) is 0.519. The smallest absolute Gasteiger partial charge is 0.355 e. The Morgan fingerprint density at radius 3 is 2.56 bits per heavy atom. The van der Waals surface area contributed by atoms with Gasteiger partial charge in [0.2, 0.25) is 11.8 Å². The molecule has 0 unspecified atom stereocenters. The number of benzene rings is 1. The first-order valence-corrected chi connectivity index (χ1v) is 12.3. The average Bonchev–Trinajstić information content (AvgIpc) is 3.12. The number of aryl methyl sites for hydroxylation is 2. The van der Waals surface area contributed by atoms with Crippen LogP contribution in [-0.2, 0) is 27.2 Å². The number of esters is 1. The summed E-state index contributed by atoms with van der Waals surface area (Å²) in [4.78, 5) is 42.7. The fourth-order valence-electron chi connectivity index (χ4n) is 4.61. The molecular weight excluding hydrogens is 430 g/mol. The van der Waals surface area contributed by atoms with Crippen LogP contribution in [0.1, 0.15) is 64.6 Å². The summed E-state index contributed by atoms with van der Waals surface area (Å²) in [6, 6.07) is 8.34. The highest BCUT2D eigenvalue weighted by Crippen LogP contribution is 2.22. The zero-order valence-electron chi connectivity index (χ0n) is 20.8. The maximum atomic E-state index is 12.9. The molecule has 0 aliphatic carbocycles. The molecule has 0 radical (unpaired) electrons. The minimum absolute atomic E-state index is 0.0287. The maximum Gasteiger partial charge on any atom is 0.355 e. The van der Waals surface area contributed by atoms with Gasteiger partial charge < -0.3 is 19.9 Å². The van der Waals surface area contributed by atoms with Gasteiger partial charge in [0.05, 0.1) is 12.5 Å². The minimum atomic E-state index is -0.368. The van der Waals surface area contributed by atoms with Crippen molar-refractivity contribution in [1.82, 2.24) is 15.2 Å². The highest BCUT2D eigenvalue weighted by molar-refractivity contribution is 5.90. The molecule has 2 amide bonds. The van der Waals surface area contributed by atoms with Gasteiger partial charge in [0.1, 0.15) is 5.69 Å². The Kier molecular flexibility index (Phi) is 8.91. The Balaban J connectivity index is 1.49. The number of H-pyrrole nitrogens is 1. The van der Waals surface area contributed by atoms with Crippen molar-refractivity contribution in [3.8, 4) is 0 Å². The molecule has 0 spiro atoms. The number of carbonyl (C=O) groups is 3. The Bertz CT molecular complexity index is 1010. The van der Waals surface area contributed by atoms with Gasteiger partial charge >= 0.3 is 5.97 Å². The van der Waals surface area contributed by atoms with Gasteiger partial charge in [-0.25, -0.2) is 4.79 Å². The first kappa shape index (κ1) is 25.5. The number of nitrogens with one attached hydrogen (secondary N) is 2. The number of hydrogen-bond acceptors (Lipinski definition) is 4. The molecule has 7 nitrogen and oxygen atoms in total. The van der Waals surface area contributed by atoms with E-state index in [-0.39, 0.29) is 23.7 Å². The molecule has 3 rings (SSSR count). The maximum absolute atomic E-state index is 12.9. The number of hydrogen-bond donors (Lipinski definition) is 2. The van der Waals surface area contributed by atoms with Crippen molar-refractivity contribution in [3.63, 3.8) is 0 Å². The number of amides is 2. The van der Waals surface area contributed by atoms with E-state index in [1.807, 2.05) is 18.7 Å². The number of likely N-dealkylation sites (tertiary alicyclic amines) is 1. The lowest BCUT2D eigenvalue weighted by Gasteiger charge is -2.32. The lowest BCUT2D eigenvalue weighted by atomic mass is 9.96. The molecule has 1 fully saturated rings. The average molecular weight is 468 g/mol. The van der Waals surface area contributed by atoms with Crippen molar-refractivity contribution < 1.29 is 19.1 Å². The van der Waals surface area contributed by atoms with E-state index in [1.54, 1.807) is 6.92 Å². The first-order valence-electron chi connectivity index (χ1n) is 12.3. The van der Waals surface area contributed by atoms with Crippen LogP contribution in [0.2, 0.25) is 0 Å². The van der Waals surface area contributed by atoms with Gasteiger partial charge in [-0.2, -0.15) is 0 Å². The van der Waals surface area contributed by atoms with Crippen molar-refractivity contribution in [1.29, 1.82) is 0 Å². The third-order valence-corrected chi connectivity index (χ3v) is 6.64. The van der Waals surface area contributed by atoms with E-state index in [9.17, 15) is 14.4 Å². The summed E-state index contributed by atoms with van der Waals surface area (Å²) in [5, 5.41) is 3.05. The Morgan fingerprint density at radius 1 is 1.12 bits per heavy atom. The van der Waals surface area contributed by atoms with Crippen molar-refractivity contribution >= 4 is 17.8 Å². The molecule has 1 aromatic carbocycles. The SMILES string of the molecule is CCOC(=O)c1[nH]c(C)c(CCC(=O)N2CCC[C@H](C(=O)NCCc3ccc(C)cc3)C2)c1C. The zero-order chi connectivity index (χ0) is 24.7. The van der Waals surface area contributed by atoms with Crippen molar-refractivity contribution in [2.75, 3.05) is 26.2 Å². The molecule has 2 heterocycles. The third kappa shape index (κ3) is 6.49. The zero-order valence-corrected chi connectivity index (χ0v) is 20.8. The normalized spacial score (nSPS) is 15.8. The lowest BCUT2D eigenvalue weighted by molar-refractivity contribution is -0.135. The summed E-state index contributed by atoms with van der Waals surface area (Å²) >= 11 is 0. The summed E-state index contributed by atoms with van der Waals surface area (Å²) in [5.74, 6) is -0.453. The van der Waals surface area contributed by atoms with Crippen LogP contribution in [0.15, 0.2) is 24.3 Å². The van der Waals surface area contributed by atoms with Gasteiger partial charge in [0.25, 0.3) is 0 Å². The molecule has 34 heavy (non-hydrogen) atoms. The number of piperidine rings is 1. The van der Waals surface area contributed by atoms with Crippen LogP contribution >= 0.6 is 0 Å². The second kappa shape index (κ2) is 11.9.